The average molecular weight is 376 g/mol. The van der Waals surface area contributed by atoms with Gasteiger partial charge in [0, 0.05) is 31.4 Å². The molecule has 0 bridgehead atoms. The van der Waals surface area contributed by atoms with E-state index in [2.05, 4.69) is 15.3 Å². The van der Waals surface area contributed by atoms with Crippen LogP contribution in [0.25, 0.3) is 0 Å². The van der Waals surface area contributed by atoms with E-state index in [1.165, 1.54) is 6.07 Å². The van der Waals surface area contributed by atoms with Gasteiger partial charge in [-0.3, -0.25) is 4.79 Å². The van der Waals surface area contributed by atoms with Crippen molar-refractivity contribution in [3.8, 4) is 5.75 Å². The molecule has 0 aliphatic rings. The summed E-state index contributed by atoms with van der Waals surface area (Å²) in [5.41, 5.74) is 1.60. The van der Waals surface area contributed by atoms with E-state index in [0.717, 1.165) is 11.3 Å². The Bertz CT molecular complexity index is 801. The predicted molar refractivity (Wildman–Crippen MR) is 100 cm³/mol. The molecular formula is C19H25FN4O3. The second-order valence-corrected chi connectivity index (χ2v) is 6.51. The zero-order chi connectivity index (χ0) is 20.0. The third-order valence-corrected chi connectivity index (χ3v) is 3.82. The van der Waals surface area contributed by atoms with Crippen molar-refractivity contribution < 1.29 is 19.0 Å². The molecule has 1 amide bonds. The maximum absolute atomic E-state index is 13.6. The molecule has 0 aliphatic carbocycles. The standard InChI is InChI=1S/C19H25FN4O3/c1-12-5-6-15(20)16(7-12)27-11-19(26)22-14(3)9-24(4)18-8-13(2)21-17(10-25)23-18/h5-8,14,25H,9-11H2,1-4H3,(H,22,26). The van der Waals surface area contributed by atoms with Gasteiger partial charge in [-0.15, -0.1) is 0 Å². The van der Waals surface area contributed by atoms with Crippen LogP contribution in [0, 0.1) is 19.7 Å². The second kappa shape index (κ2) is 9.27. The summed E-state index contributed by atoms with van der Waals surface area (Å²) >= 11 is 0. The minimum absolute atomic E-state index is 0.0583. The summed E-state index contributed by atoms with van der Waals surface area (Å²) in [6, 6.07) is 6.11. The molecule has 146 valence electrons. The largest absolute Gasteiger partial charge is 0.481 e. The molecule has 8 heteroatoms. The van der Waals surface area contributed by atoms with E-state index in [0.29, 0.717) is 18.2 Å². The summed E-state index contributed by atoms with van der Waals surface area (Å²) in [6.07, 6.45) is 0. The molecule has 1 unspecified atom stereocenters. The lowest BCUT2D eigenvalue weighted by Crippen LogP contribution is -2.43. The molecular weight excluding hydrogens is 351 g/mol. The van der Waals surface area contributed by atoms with Crippen molar-refractivity contribution in [2.45, 2.75) is 33.4 Å². The van der Waals surface area contributed by atoms with Crippen LogP contribution < -0.4 is 15.0 Å². The van der Waals surface area contributed by atoms with E-state index in [1.807, 2.05) is 32.7 Å². The van der Waals surface area contributed by atoms with Crippen LogP contribution in [0.2, 0.25) is 0 Å². The number of ether oxygens (including phenoxy) is 1. The molecule has 0 saturated heterocycles. The topological polar surface area (TPSA) is 87.6 Å². The second-order valence-electron chi connectivity index (χ2n) is 6.51. The molecule has 0 spiro atoms. The Morgan fingerprint density at radius 3 is 2.78 bits per heavy atom. The van der Waals surface area contributed by atoms with Crippen molar-refractivity contribution >= 4 is 11.7 Å². The zero-order valence-electron chi connectivity index (χ0n) is 16.0. The number of aliphatic hydroxyl groups is 1. The number of nitrogens with one attached hydrogen (secondary N) is 1. The van der Waals surface area contributed by atoms with Crippen molar-refractivity contribution in [3.05, 3.63) is 47.2 Å². The Kier molecular flexibility index (Phi) is 7.06. The fourth-order valence-electron chi connectivity index (χ4n) is 2.61. The normalized spacial score (nSPS) is 11.8. The third kappa shape index (κ3) is 6.18. The Balaban J connectivity index is 1.87. The lowest BCUT2D eigenvalue weighted by atomic mass is 10.2. The SMILES string of the molecule is Cc1ccc(F)c(OCC(=O)NC(C)CN(C)c2cc(C)nc(CO)n2)c1. The van der Waals surface area contributed by atoms with Gasteiger partial charge in [0.1, 0.15) is 12.4 Å². The number of rotatable bonds is 8. The molecule has 1 aromatic heterocycles. The van der Waals surface area contributed by atoms with Crippen LogP contribution in [0.5, 0.6) is 5.75 Å². The maximum atomic E-state index is 13.6. The first-order valence-corrected chi connectivity index (χ1v) is 8.63. The molecule has 2 rings (SSSR count). The fraction of sp³-hybridized carbons (Fsp3) is 0.421. The summed E-state index contributed by atoms with van der Waals surface area (Å²) in [4.78, 5) is 22.3. The number of benzene rings is 1. The number of anilines is 1. The van der Waals surface area contributed by atoms with Gasteiger partial charge in [-0.1, -0.05) is 6.07 Å². The van der Waals surface area contributed by atoms with Gasteiger partial charge < -0.3 is 20.1 Å². The van der Waals surface area contributed by atoms with Crippen molar-refractivity contribution in [1.82, 2.24) is 15.3 Å². The predicted octanol–water partition coefficient (Wildman–Crippen LogP) is 1.74. The molecule has 1 heterocycles. The van der Waals surface area contributed by atoms with Crippen molar-refractivity contribution in [3.63, 3.8) is 0 Å². The van der Waals surface area contributed by atoms with Crippen LogP contribution in [0.1, 0.15) is 24.0 Å². The first-order valence-electron chi connectivity index (χ1n) is 8.63. The molecule has 2 N–H and O–H groups in total. The van der Waals surface area contributed by atoms with E-state index in [9.17, 15) is 14.3 Å². The molecule has 0 radical (unpaired) electrons. The molecule has 1 atom stereocenters. The average Bonchev–Trinajstić information content (AvgIpc) is 2.61. The Morgan fingerprint density at radius 2 is 2.07 bits per heavy atom. The number of hydrogen-bond acceptors (Lipinski definition) is 6. The van der Waals surface area contributed by atoms with Crippen LogP contribution in [0.4, 0.5) is 10.2 Å². The first kappa shape index (κ1) is 20.6. The maximum Gasteiger partial charge on any atom is 0.258 e. The molecule has 27 heavy (non-hydrogen) atoms. The van der Waals surface area contributed by atoms with E-state index < -0.39 is 5.82 Å². The van der Waals surface area contributed by atoms with Gasteiger partial charge in [-0.2, -0.15) is 0 Å². The number of halogens is 1. The van der Waals surface area contributed by atoms with Crippen molar-refractivity contribution in [1.29, 1.82) is 0 Å². The number of carbonyl (C=O) groups excluding carboxylic acids is 1. The number of carbonyl (C=O) groups is 1. The van der Waals surface area contributed by atoms with Gasteiger partial charge in [-0.05, 0) is 38.5 Å². The van der Waals surface area contributed by atoms with Gasteiger partial charge >= 0.3 is 0 Å². The number of likely N-dealkylation sites (N-methyl/N-ethyl adjacent to an activating group) is 1. The van der Waals surface area contributed by atoms with Crippen molar-refractivity contribution in [2.75, 3.05) is 25.1 Å². The van der Waals surface area contributed by atoms with Crippen LogP contribution in [0.3, 0.4) is 0 Å². The van der Waals surface area contributed by atoms with Gasteiger partial charge in [0.05, 0.1) is 0 Å². The molecule has 0 saturated carbocycles. The monoisotopic (exact) mass is 376 g/mol. The fourth-order valence-corrected chi connectivity index (χ4v) is 2.61. The number of hydrogen-bond donors (Lipinski definition) is 2. The minimum Gasteiger partial charge on any atom is -0.481 e. The Hall–Kier alpha value is -2.74. The molecule has 0 aliphatic heterocycles. The highest BCUT2D eigenvalue weighted by Gasteiger charge is 2.14. The summed E-state index contributed by atoms with van der Waals surface area (Å²) in [7, 11) is 1.84. The highest BCUT2D eigenvalue weighted by molar-refractivity contribution is 5.77. The van der Waals surface area contributed by atoms with Gasteiger partial charge in [-0.25, -0.2) is 14.4 Å². The zero-order valence-corrected chi connectivity index (χ0v) is 16.0. The van der Waals surface area contributed by atoms with E-state index in [4.69, 9.17) is 4.74 Å². The lowest BCUT2D eigenvalue weighted by molar-refractivity contribution is -0.123. The molecule has 1 aromatic carbocycles. The number of aryl methyl sites for hydroxylation is 2. The highest BCUT2D eigenvalue weighted by atomic mass is 19.1. The molecule has 0 fully saturated rings. The van der Waals surface area contributed by atoms with Crippen LogP contribution in [-0.2, 0) is 11.4 Å². The van der Waals surface area contributed by atoms with Gasteiger partial charge in [0.15, 0.2) is 24.0 Å². The molecule has 7 nitrogen and oxygen atoms in total. The van der Waals surface area contributed by atoms with Gasteiger partial charge in [0.2, 0.25) is 0 Å². The minimum atomic E-state index is -0.500. The third-order valence-electron chi connectivity index (χ3n) is 3.82. The molecule has 2 aromatic rings. The number of aliphatic hydroxyl groups excluding tert-OH is 1. The number of amides is 1. The van der Waals surface area contributed by atoms with Gasteiger partial charge in [0.25, 0.3) is 5.91 Å². The van der Waals surface area contributed by atoms with E-state index in [1.54, 1.807) is 18.2 Å². The first-order chi connectivity index (χ1) is 12.8. The summed E-state index contributed by atoms with van der Waals surface area (Å²) < 4.78 is 18.9. The van der Waals surface area contributed by atoms with E-state index >= 15 is 0 Å². The highest BCUT2D eigenvalue weighted by Crippen LogP contribution is 2.18. The smallest absolute Gasteiger partial charge is 0.258 e. The Morgan fingerprint density at radius 1 is 1.33 bits per heavy atom. The lowest BCUT2D eigenvalue weighted by Gasteiger charge is -2.23. The van der Waals surface area contributed by atoms with E-state index in [-0.39, 0.29) is 30.9 Å². The summed E-state index contributed by atoms with van der Waals surface area (Å²) in [5, 5.41) is 12.0. The summed E-state index contributed by atoms with van der Waals surface area (Å²) in [6.45, 7) is 5.48. The Labute approximate surface area is 158 Å². The quantitative estimate of drug-likeness (QED) is 0.730. The summed E-state index contributed by atoms with van der Waals surface area (Å²) in [5.74, 6) is 0.225. The number of nitrogens with zero attached hydrogens (tertiary/aromatic N) is 3. The van der Waals surface area contributed by atoms with Crippen LogP contribution >= 0.6 is 0 Å². The van der Waals surface area contributed by atoms with Crippen molar-refractivity contribution in [2.24, 2.45) is 0 Å². The number of aromatic nitrogens is 2. The van der Waals surface area contributed by atoms with Crippen LogP contribution in [-0.4, -0.2) is 47.2 Å². The van der Waals surface area contributed by atoms with Crippen LogP contribution in [0.15, 0.2) is 24.3 Å².